The van der Waals surface area contributed by atoms with Gasteiger partial charge in [-0.25, -0.2) is 23.5 Å². The van der Waals surface area contributed by atoms with Gasteiger partial charge in [0, 0.05) is 19.6 Å². The summed E-state index contributed by atoms with van der Waals surface area (Å²) in [5.74, 6) is 0. The number of hydrogen-bond donors (Lipinski definition) is 0. The highest BCUT2D eigenvalue weighted by atomic mass is 16.2. The van der Waals surface area contributed by atoms with Gasteiger partial charge >= 0.3 is 11.4 Å². The molecule has 0 saturated carbocycles. The molecule has 0 bridgehead atoms. The van der Waals surface area contributed by atoms with E-state index in [1.807, 2.05) is 0 Å². The quantitative estimate of drug-likeness (QED) is 0.635. The summed E-state index contributed by atoms with van der Waals surface area (Å²) in [6, 6.07) is 0. The molecule has 5 nitrogen and oxygen atoms in total. The Morgan fingerprint density at radius 2 is 1.11 bits per heavy atom. The van der Waals surface area contributed by atoms with Crippen LogP contribution in [-0.2, 0) is 19.6 Å². The summed E-state index contributed by atoms with van der Waals surface area (Å²) in [6.45, 7) is 12.2. The molecule has 0 aromatic carbocycles. The van der Waals surface area contributed by atoms with E-state index in [0.29, 0.717) is 38.9 Å². The molecule has 0 N–H and O–H groups in total. The molecule has 0 atom stereocenters. The SMILES string of the molecule is C=CCCn1c(=O)n(CCC=C)n(CCC=C)c1=O. The van der Waals surface area contributed by atoms with Gasteiger partial charge in [0.05, 0.1) is 0 Å². The van der Waals surface area contributed by atoms with Crippen molar-refractivity contribution < 1.29 is 0 Å². The standard InChI is InChI=1S/C14H21N3O2/c1-4-7-10-15-13(18)16(11-8-5-2)17(14(15)19)12-9-6-3/h4-6H,1-3,7-12H2. The minimum Gasteiger partial charge on any atom is -0.246 e. The van der Waals surface area contributed by atoms with E-state index in [9.17, 15) is 9.59 Å². The third-order valence-corrected chi connectivity index (χ3v) is 2.84. The summed E-state index contributed by atoms with van der Waals surface area (Å²) in [6.07, 6.45) is 7.06. The average molecular weight is 263 g/mol. The maximum atomic E-state index is 12.2. The first-order valence-electron chi connectivity index (χ1n) is 6.40. The molecule has 1 rings (SSSR count). The second-order valence-corrected chi connectivity index (χ2v) is 4.20. The smallest absolute Gasteiger partial charge is 0.246 e. The molecule has 0 amide bonds. The zero-order valence-electron chi connectivity index (χ0n) is 11.3. The van der Waals surface area contributed by atoms with Gasteiger partial charge in [0.1, 0.15) is 0 Å². The zero-order valence-corrected chi connectivity index (χ0v) is 11.3. The van der Waals surface area contributed by atoms with Crippen LogP contribution in [0.2, 0.25) is 0 Å². The minimum atomic E-state index is -0.266. The molecular weight excluding hydrogens is 242 g/mol. The monoisotopic (exact) mass is 263 g/mol. The Kier molecular flexibility index (Phi) is 5.85. The lowest BCUT2D eigenvalue weighted by molar-refractivity contribution is 0.440. The van der Waals surface area contributed by atoms with Crippen LogP contribution < -0.4 is 11.4 Å². The molecule has 1 aromatic rings. The Bertz CT molecular complexity index is 517. The van der Waals surface area contributed by atoms with Gasteiger partial charge in [-0.15, -0.1) is 19.7 Å². The summed E-state index contributed by atoms with van der Waals surface area (Å²) in [5, 5.41) is 0. The topological polar surface area (TPSA) is 48.9 Å². The highest BCUT2D eigenvalue weighted by Gasteiger charge is 2.13. The highest BCUT2D eigenvalue weighted by molar-refractivity contribution is 4.80. The maximum Gasteiger partial charge on any atom is 0.347 e. The van der Waals surface area contributed by atoms with Crippen LogP contribution in [0.3, 0.4) is 0 Å². The van der Waals surface area contributed by atoms with Crippen LogP contribution in [0.25, 0.3) is 0 Å². The number of allylic oxidation sites excluding steroid dienone is 3. The summed E-state index contributed by atoms with van der Waals surface area (Å²) in [7, 11) is 0. The molecule has 0 saturated heterocycles. The Balaban J connectivity index is 3.19. The van der Waals surface area contributed by atoms with E-state index in [4.69, 9.17) is 0 Å². The van der Waals surface area contributed by atoms with E-state index in [2.05, 4.69) is 19.7 Å². The van der Waals surface area contributed by atoms with Gasteiger partial charge in [-0.2, -0.15) is 0 Å². The van der Waals surface area contributed by atoms with Crippen molar-refractivity contribution in [3.05, 3.63) is 58.9 Å². The van der Waals surface area contributed by atoms with Gasteiger partial charge in [-0.05, 0) is 19.3 Å². The molecule has 0 radical (unpaired) electrons. The Hall–Kier alpha value is -2.04. The first kappa shape index (κ1) is 15.0. The number of nitrogens with zero attached hydrogens (tertiary/aromatic N) is 3. The van der Waals surface area contributed by atoms with Gasteiger partial charge in [0.2, 0.25) is 0 Å². The number of rotatable bonds is 9. The van der Waals surface area contributed by atoms with E-state index in [1.54, 1.807) is 18.2 Å². The van der Waals surface area contributed by atoms with Crippen LogP contribution in [0.15, 0.2) is 47.6 Å². The van der Waals surface area contributed by atoms with E-state index in [1.165, 1.54) is 13.9 Å². The molecule has 0 aliphatic carbocycles. The second-order valence-electron chi connectivity index (χ2n) is 4.20. The predicted octanol–water partition coefficient (Wildman–Crippen LogP) is 1.54. The summed E-state index contributed by atoms with van der Waals surface area (Å²) in [4.78, 5) is 24.4. The lowest BCUT2D eigenvalue weighted by atomic mass is 10.4. The number of hydrogen-bond acceptors (Lipinski definition) is 2. The molecule has 104 valence electrons. The van der Waals surface area contributed by atoms with Gasteiger partial charge in [0.15, 0.2) is 0 Å². The Morgan fingerprint density at radius 1 is 0.737 bits per heavy atom. The fourth-order valence-electron chi connectivity index (χ4n) is 1.84. The average Bonchev–Trinajstić information content (AvgIpc) is 2.63. The van der Waals surface area contributed by atoms with E-state index >= 15 is 0 Å². The lowest BCUT2D eigenvalue weighted by Gasteiger charge is -2.06. The van der Waals surface area contributed by atoms with E-state index in [-0.39, 0.29) is 11.4 Å². The van der Waals surface area contributed by atoms with Gasteiger partial charge in [-0.3, -0.25) is 0 Å². The van der Waals surface area contributed by atoms with Crippen molar-refractivity contribution in [1.29, 1.82) is 0 Å². The third-order valence-electron chi connectivity index (χ3n) is 2.84. The highest BCUT2D eigenvalue weighted by Crippen LogP contribution is 1.93. The second kappa shape index (κ2) is 7.41. The van der Waals surface area contributed by atoms with Crippen LogP contribution in [-0.4, -0.2) is 13.9 Å². The van der Waals surface area contributed by atoms with Crippen molar-refractivity contribution >= 4 is 0 Å². The van der Waals surface area contributed by atoms with Crippen LogP contribution in [0.4, 0.5) is 0 Å². The molecule has 0 aliphatic rings. The molecule has 0 aliphatic heterocycles. The van der Waals surface area contributed by atoms with Crippen molar-refractivity contribution in [2.45, 2.75) is 38.9 Å². The molecular formula is C14H21N3O2. The summed E-state index contributed by atoms with van der Waals surface area (Å²) >= 11 is 0. The van der Waals surface area contributed by atoms with Crippen molar-refractivity contribution in [2.75, 3.05) is 0 Å². The molecule has 19 heavy (non-hydrogen) atoms. The fourth-order valence-corrected chi connectivity index (χ4v) is 1.84. The molecule has 5 heteroatoms. The van der Waals surface area contributed by atoms with Crippen LogP contribution in [0, 0.1) is 0 Å². The van der Waals surface area contributed by atoms with E-state index in [0.717, 1.165) is 0 Å². The molecule has 0 spiro atoms. The molecule has 0 unspecified atom stereocenters. The normalized spacial score (nSPS) is 10.3. The van der Waals surface area contributed by atoms with Gasteiger partial charge in [-0.1, -0.05) is 18.2 Å². The number of aromatic nitrogens is 3. The molecule has 1 aromatic heterocycles. The maximum absolute atomic E-state index is 12.2. The lowest BCUT2D eigenvalue weighted by Crippen LogP contribution is -2.29. The van der Waals surface area contributed by atoms with Crippen molar-refractivity contribution in [3.8, 4) is 0 Å². The fraction of sp³-hybridized carbons (Fsp3) is 0.429. The Morgan fingerprint density at radius 3 is 1.47 bits per heavy atom. The first-order valence-corrected chi connectivity index (χ1v) is 6.40. The molecule has 1 heterocycles. The minimum absolute atomic E-state index is 0.266. The Labute approximate surface area is 112 Å². The zero-order chi connectivity index (χ0) is 14.3. The van der Waals surface area contributed by atoms with Gasteiger partial charge < -0.3 is 0 Å². The molecule has 0 fully saturated rings. The van der Waals surface area contributed by atoms with Crippen molar-refractivity contribution in [3.63, 3.8) is 0 Å². The van der Waals surface area contributed by atoms with Gasteiger partial charge in [0.25, 0.3) is 0 Å². The van der Waals surface area contributed by atoms with Crippen molar-refractivity contribution in [1.82, 2.24) is 13.9 Å². The van der Waals surface area contributed by atoms with Crippen LogP contribution in [0.1, 0.15) is 19.3 Å². The van der Waals surface area contributed by atoms with E-state index < -0.39 is 0 Å². The summed E-state index contributed by atoms with van der Waals surface area (Å²) in [5.41, 5.74) is -0.532. The largest absolute Gasteiger partial charge is 0.347 e. The summed E-state index contributed by atoms with van der Waals surface area (Å²) < 4.78 is 4.22. The third kappa shape index (κ3) is 3.47. The van der Waals surface area contributed by atoms with Crippen molar-refractivity contribution in [2.24, 2.45) is 0 Å². The van der Waals surface area contributed by atoms with Crippen LogP contribution in [0.5, 0.6) is 0 Å². The first-order chi connectivity index (χ1) is 9.17. The predicted molar refractivity (Wildman–Crippen MR) is 77.4 cm³/mol. The van der Waals surface area contributed by atoms with Crippen LogP contribution >= 0.6 is 0 Å².